The first-order valence-corrected chi connectivity index (χ1v) is 7.04. The second-order valence-electron chi connectivity index (χ2n) is 5.14. The summed E-state index contributed by atoms with van der Waals surface area (Å²) in [7, 11) is 0. The number of anilines is 1. The fourth-order valence-electron chi connectivity index (χ4n) is 2.38. The van der Waals surface area contributed by atoms with Gasteiger partial charge in [0, 0.05) is 24.9 Å². The molecule has 1 amide bonds. The van der Waals surface area contributed by atoms with Gasteiger partial charge in [-0.25, -0.2) is 0 Å². The maximum atomic E-state index is 12.9. The molecule has 1 saturated heterocycles. The van der Waals surface area contributed by atoms with Gasteiger partial charge in [-0.1, -0.05) is 0 Å². The largest absolute Gasteiger partial charge is 0.586 e. The molecule has 0 spiro atoms. The van der Waals surface area contributed by atoms with Crippen molar-refractivity contribution in [3.05, 3.63) is 18.2 Å². The summed E-state index contributed by atoms with van der Waals surface area (Å²) in [6.45, 7) is 1.49. The van der Waals surface area contributed by atoms with Gasteiger partial charge in [0.2, 0.25) is 5.91 Å². The summed E-state index contributed by atoms with van der Waals surface area (Å²) < 4.78 is 39.8. The average Bonchev–Trinajstić information content (AvgIpc) is 3.04. The van der Waals surface area contributed by atoms with Gasteiger partial charge in [-0.15, -0.1) is 21.2 Å². The first-order chi connectivity index (χ1) is 10.5. The summed E-state index contributed by atoms with van der Waals surface area (Å²) in [6, 6.07) is 4.10. The van der Waals surface area contributed by atoms with E-state index in [0.29, 0.717) is 12.2 Å². The van der Waals surface area contributed by atoms with E-state index in [1.165, 1.54) is 18.2 Å². The Morgan fingerprint density at radius 1 is 1.30 bits per heavy atom. The van der Waals surface area contributed by atoms with Crippen LogP contribution in [-0.2, 0) is 9.53 Å². The number of ether oxygens (including phenoxy) is 3. The molecule has 0 bridgehead atoms. The lowest BCUT2D eigenvalue weighted by Crippen LogP contribution is -2.33. The van der Waals surface area contributed by atoms with Gasteiger partial charge in [-0.05, 0) is 25.0 Å². The molecule has 2 aliphatic rings. The number of nitrogens with one attached hydrogen (secondary N) is 2. The fourth-order valence-corrected chi connectivity index (χ4v) is 2.38. The second kappa shape index (κ2) is 7.29. The zero-order chi connectivity index (χ0) is 15.6. The quantitative estimate of drug-likeness (QED) is 0.851. The van der Waals surface area contributed by atoms with E-state index in [0.717, 1.165) is 19.4 Å². The van der Waals surface area contributed by atoms with Crippen LogP contribution in [0.15, 0.2) is 18.2 Å². The first-order valence-electron chi connectivity index (χ1n) is 7.04. The van der Waals surface area contributed by atoms with Crippen molar-refractivity contribution in [3.8, 4) is 11.5 Å². The maximum Gasteiger partial charge on any atom is 0.586 e. The molecule has 1 fully saturated rings. The lowest BCUT2D eigenvalue weighted by molar-refractivity contribution is -0.286. The number of halogens is 3. The lowest BCUT2D eigenvalue weighted by Gasteiger charge is -2.11. The molecule has 1 unspecified atom stereocenters. The smallest absolute Gasteiger partial charge is 0.395 e. The van der Waals surface area contributed by atoms with Crippen molar-refractivity contribution in [2.24, 2.45) is 0 Å². The van der Waals surface area contributed by atoms with E-state index >= 15 is 0 Å². The minimum atomic E-state index is -3.66. The lowest BCUT2D eigenvalue weighted by atomic mass is 10.2. The van der Waals surface area contributed by atoms with E-state index in [1.54, 1.807) is 0 Å². The van der Waals surface area contributed by atoms with Crippen molar-refractivity contribution in [2.75, 3.05) is 25.0 Å². The van der Waals surface area contributed by atoms with Crippen molar-refractivity contribution >= 4 is 24.0 Å². The van der Waals surface area contributed by atoms with Crippen LogP contribution in [0.25, 0.3) is 0 Å². The number of hydrogen-bond acceptors (Lipinski definition) is 5. The zero-order valence-electron chi connectivity index (χ0n) is 12.1. The van der Waals surface area contributed by atoms with Crippen LogP contribution in [-0.4, -0.2) is 38.0 Å². The molecule has 3 rings (SSSR count). The molecule has 128 valence electrons. The molecular weight excluding hydrogens is 334 g/mol. The number of carbonyl (C=O) groups is 1. The topological polar surface area (TPSA) is 68.8 Å². The molecule has 2 heterocycles. The summed E-state index contributed by atoms with van der Waals surface area (Å²) in [4.78, 5) is 11.8. The normalized spacial score (nSPS) is 20.9. The Bertz CT molecular complexity index is 568. The van der Waals surface area contributed by atoms with E-state index in [-0.39, 0.29) is 42.5 Å². The van der Waals surface area contributed by atoms with E-state index in [4.69, 9.17) is 4.74 Å². The predicted molar refractivity (Wildman–Crippen MR) is 80.4 cm³/mol. The number of benzene rings is 1. The van der Waals surface area contributed by atoms with Gasteiger partial charge in [-0.3, -0.25) is 4.79 Å². The number of amides is 1. The molecule has 1 aromatic rings. The molecule has 0 aliphatic carbocycles. The molecule has 23 heavy (non-hydrogen) atoms. The van der Waals surface area contributed by atoms with E-state index in [1.807, 2.05) is 0 Å². The van der Waals surface area contributed by atoms with Crippen molar-refractivity contribution < 1.29 is 27.8 Å². The maximum absolute atomic E-state index is 12.9. The van der Waals surface area contributed by atoms with E-state index in [2.05, 4.69) is 20.1 Å². The van der Waals surface area contributed by atoms with Crippen LogP contribution in [0.3, 0.4) is 0 Å². The average molecular weight is 351 g/mol. The molecule has 1 atom stereocenters. The summed E-state index contributed by atoms with van der Waals surface area (Å²) in [5, 5.41) is 5.60. The molecule has 1 aromatic carbocycles. The molecule has 2 aliphatic heterocycles. The fraction of sp³-hybridized carbons (Fsp3) is 0.500. The highest BCUT2D eigenvalue weighted by molar-refractivity contribution is 5.92. The highest BCUT2D eigenvalue weighted by Gasteiger charge is 2.43. The monoisotopic (exact) mass is 350 g/mol. The second-order valence-corrected chi connectivity index (χ2v) is 5.14. The van der Waals surface area contributed by atoms with Gasteiger partial charge in [0.15, 0.2) is 11.5 Å². The van der Waals surface area contributed by atoms with Gasteiger partial charge in [0.1, 0.15) is 0 Å². The van der Waals surface area contributed by atoms with Gasteiger partial charge in [0.25, 0.3) is 0 Å². The summed E-state index contributed by atoms with van der Waals surface area (Å²) in [5.74, 6) is -0.432. The molecule has 0 saturated carbocycles. The van der Waals surface area contributed by atoms with Gasteiger partial charge < -0.3 is 24.8 Å². The molecular formula is C14H17ClF2N2O4. The Morgan fingerprint density at radius 2 is 2.09 bits per heavy atom. The van der Waals surface area contributed by atoms with Crippen molar-refractivity contribution in [1.29, 1.82) is 0 Å². The number of fused-ring (bicyclic) bond motifs is 1. The summed E-state index contributed by atoms with van der Waals surface area (Å²) in [6.07, 6.45) is -1.47. The molecule has 6 nitrogen and oxygen atoms in total. The minimum Gasteiger partial charge on any atom is -0.395 e. The van der Waals surface area contributed by atoms with Crippen LogP contribution in [0.2, 0.25) is 0 Å². The number of carbonyl (C=O) groups excluding carboxylic acids is 1. The van der Waals surface area contributed by atoms with Crippen LogP contribution >= 0.6 is 12.4 Å². The third-order valence-electron chi connectivity index (χ3n) is 3.37. The highest BCUT2D eigenvalue weighted by Crippen LogP contribution is 2.42. The first kappa shape index (κ1) is 17.7. The van der Waals surface area contributed by atoms with Gasteiger partial charge >= 0.3 is 6.29 Å². The van der Waals surface area contributed by atoms with Crippen LogP contribution in [0, 0.1) is 0 Å². The Hall–Kier alpha value is -1.64. The minimum absolute atomic E-state index is 0. The number of alkyl halides is 2. The number of hydrogen-bond donors (Lipinski definition) is 2. The Balaban J connectivity index is 0.00000192. The SMILES string of the molecule is Cl.O=C(CNCC1CCCO1)Nc1ccc2c(c1)OC(F)(F)O2. The Labute approximate surface area is 137 Å². The predicted octanol–water partition coefficient (Wildman–Crippen LogP) is 2.14. The van der Waals surface area contributed by atoms with Crippen molar-refractivity contribution in [1.82, 2.24) is 5.32 Å². The van der Waals surface area contributed by atoms with Crippen LogP contribution in [0.1, 0.15) is 12.8 Å². The van der Waals surface area contributed by atoms with E-state index in [9.17, 15) is 13.6 Å². The Morgan fingerprint density at radius 3 is 2.83 bits per heavy atom. The molecule has 9 heteroatoms. The van der Waals surface area contributed by atoms with Crippen LogP contribution in [0.4, 0.5) is 14.5 Å². The van der Waals surface area contributed by atoms with Gasteiger partial charge in [-0.2, -0.15) is 0 Å². The molecule has 0 aromatic heterocycles. The van der Waals surface area contributed by atoms with Gasteiger partial charge in [0.05, 0.1) is 12.6 Å². The third kappa shape index (κ3) is 4.66. The van der Waals surface area contributed by atoms with Crippen LogP contribution < -0.4 is 20.1 Å². The highest BCUT2D eigenvalue weighted by atomic mass is 35.5. The van der Waals surface area contributed by atoms with Crippen molar-refractivity contribution in [2.45, 2.75) is 25.2 Å². The summed E-state index contributed by atoms with van der Waals surface area (Å²) in [5.41, 5.74) is 0.365. The van der Waals surface area contributed by atoms with Crippen molar-refractivity contribution in [3.63, 3.8) is 0 Å². The van der Waals surface area contributed by atoms with E-state index < -0.39 is 6.29 Å². The zero-order valence-corrected chi connectivity index (χ0v) is 13.0. The molecule has 0 radical (unpaired) electrons. The summed E-state index contributed by atoms with van der Waals surface area (Å²) >= 11 is 0. The number of rotatable bonds is 5. The molecule has 2 N–H and O–H groups in total. The third-order valence-corrected chi connectivity index (χ3v) is 3.37. The van der Waals surface area contributed by atoms with Crippen LogP contribution in [0.5, 0.6) is 11.5 Å². The Kier molecular flexibility index (Phi) is 5.61. The standard InChI is InChI=1S/C14H16F2N2O4.ClH/c15-14(16)21-11-4-3-9(6-12(11)22-14)18-13(19)8-17-7-10-2-1-5-20-10;/h3-4,6,10,17H,1-2,5,7-8H2,(H,18,19);1H.